The number of aromatic nitrogens is 2. The number of halogens is 1. The van der Waals surface area contributed by atoms with Crippen molar-refractivity contribution in [2.45, 2.75) is 19.4 Å². The number of hydrogen-bond donors (Lipinski definition) is 1. The molecule has 3 heterocycles. The topological polar surface area (TPSA) is 89.7 Å². The zero-order chi connectivity index (χ0) is 21.2. The zero-order valence-corrected chi connectivity index (χ0v) is 17.5. The molecule has 1 saturated heterocycles. The minimum absolute atomic E-state index is 0.0274. The first kappa shape index (κ1) is 19.8. The van der Waals surface area contributed by atoms with Crippen LogP contribution in [0, 0.1) is 5.92 Å². The molecule has 160 valence electrons. The number of rotatable bonds is 5. The SMILES string of the molecule is O=C(Nc1ccc2c(c1)OCO2)C1CCN(Cc2nc(-c3cccc(Cl)c3)no2)CC1. The van der Waals surface area contributed by atoms with Crippen LogP contribution < -0.4 is 14.8 Å². The van der Waals surface area contributed by atoms with Crippen LogP contribution in [0.1, 0.15) is 18.7 Å². The molecule has 1 amide bonds. The number of anilines is 1. The fraction of sp³-hybridized carbons (Fsp3) is 0.318. The summed E-state index contributed by atoms with van der Waals surface area (Å²) in [4.78, 5) is 19.4. The van der Waals surface area contributed by atoms with Crippen molar-refractivity contribution >= 4 is 23.2 Å². The molecular weight excluding hydrogens is 420 g/mol. The van der Waals surface area contributed by atoms with E-state index >= 15 is 0 Å². The predicted octanol–water partition coefficient (Wildman–Crippen LogP) is 3.97. The van der Waals surface area contributed by atoms with E-state index in [1.807, 2.05) is 24.3 Å². The number of hydrogen-bond acceptors (Lipinski definition) is 7. The Morgan fingerprint density at radius 1 is 1.13 bits per heavy atom. The molecule has 0 unspecified atom stereocenters. The van der Waals surface area contributed by atoms with Gasteiger partial charge in [-0.15, -0.1) is 0 Å². The molecule has 2 aromatic carbocycles. The van der Waals surface area contributed by atoms with E-state index in [1.165, 1.54) is 0 Å². The van der Waals surface area contributed by atoms with E-state index in [1.54, 1.807) is 18.2 Å². The summed E-state index contributed by atoms with van der Waals surface area (Å²) in [5.41, 5.74) is 1.54. The fourth-order valence-corrected chi connectivity index (χ4v) is 4.02. The van der Waals surface area contributed by atoms with E-state index in [2.05, 4.69) is 20.4 Å². The van der Waals surface area contributed by atoms with Gasteiger partial charge in [0.05, 0.1) is 6.54 Å². The second-order valence-electron chi connectivity index (χ2n) is 7.63. The average Bonchev–Trinajstić information content (AvgIpc) is 3.43. The van der Waals surface area contributed by atoms with Gasteiger partial charge in [-0.3, -0.25) is 9.69 Å². The van der Waals surface area contributed by atoms with Crippen molar-refractivity contribution in [3.63, 3.8) is 0 Å². The molecule has 0 aliphatic carbocycles. The number of carbonyl (C=O) groups excluding carboxylic acids is 1. The third-order valence-electron chi connectivity index (χ3n) is 5.51. The van der Waals surface area contributed by atoms with Gasteiger partial charge in [0.2, 0.25) is 24.4 Å². The van der Waals surface area contributed by atoms with Crippen LogP contribution in [-0.4, -0.2) is 40.8 Å². The van der Waals surface area contributed by atoms with Gasteiger partial charge in [-0.1, -0.05) is 28.9 Å². The molecule has 0 saturated carbocycles. The number of piperidine rings is 1. The van der Waals surface area contributed by atoms with Crippen LogP contribution in [0.5, 0.6) is 11.5 Å². The summed E-state index contributed by atoms with van der Waals surface area (Å²) < 4.78 is 16.1. The van der Waals surface area contributed by atoms with E-state index < -0.39 is 0 Å². The number of benzene rings is 2. The number of carbonyl (C=O) groups is 1. The van der Waals surface area contributed by atoms with Crippen molar-refractivity contribution in [3.8, 4) is 22.9 Å². The molecule has 0 bridgehead atoms. The molecular formula is C22H21ClN4O4. The van der Waals surface area contributed by atoms with Gasteiger partial charge in [0.25, 0.3) is 0 Å². The van der Waals surface area contributed by atoms with Gasteiger partial charge in [-0.2, -0.15) is 4.98 Å². The Hall–Kier alpha value is -3.10. The van der Waals surface area contributed by atoms with E-state index in [0.717, 1.165) is 37.2 Å². The number of nitrogens with zero attached hydrogens (tertiary/aromatic N) is 3. The highest BCUT2D eigenvalue weighted by atomic mass is 35.5. The molecule has 2 aliphatic heterocycles. The van der Waals surface area contributed by atoms with Gasteiger partial charge in [-0.05, 0) is 50.2 Å². The molecule has 5 rings (SSSR count). The second-order valence-corrected chi connectivity index (χ2v) is 8.07. The Labute approximate surface area is 184 Å². The predicted molar refractivity (Wildman–Crippen MR) is 114 cm³/mol. The molecule has 1 fully saturated rings. The molecule has 8 nitrogen and oxygen atoms in total. The van der Waals surface area contributed by atoms with Gasteiger partial charge >= 0.3 is 0 Å². The maximum absolute atomic E-state index is 12.7. The van der Waals surface area contributed by atoms with E-state index in [0.29, 0.717) is 34.8 Å². The van der Waals surface area contributed by atoms with Crippen LogP contribution in [0.15, 0.2) is 47.0 Å². The van der Waals surface area contributed by atoms with Crippen LogP contribution >= 0.6 is 11.6 Å². The first-order valence-corrected chi connectivity index (χ1v) is 10.5. The number of nitrogens with one attached hydrogen (secondary N) is 1. The third-order valence-corrected chi connectivity index (χ3v) is 5.74. The zero-order valence-electron chi connectivity index (χ0n) is 16.7. The first-order chi connectivity index (χ1) is 15.1. The van der Waals surface area contributed by atoms with Crippen LogP contribution in [0.3, 0.4) is 0 Å². The molecule has 3 aromatic rings. The molecule has 0 spiro atoms. The van der Waals surface area contributed by atoms with Gasteiger partial charge < -0.3 is 19.3 Å². The Morgan fingerprint density at radius 3 is 2.81 bits per heavy atom. The molecule has 31 heavy (non-hydrogen) atoms. The van der Waals surface area contributed by atoms with Crippen LogP contribution in [0.25, 0.3) is 11.4 Å². The Bertz CT molecular complexity index is 1090. The summed E-state index contributed by atoms with van der Waals surface area (Å²) in [5.74, 6) is 2.43. The molecule has 1 aromatic heterocycles. The van der Waals surface area contributed by atoms with E-state index in [4.69, 9.17) is 25.6 Å². The summed E-state index contributed by atoms with van der Waals surface area (Å²) in [6, 6.07) is 12.8. The number of likely N-dealkylation sites (tertiary alicyclic amines) is 1. The quantitative estimate of drug-likeness (QED) is 0.642. The summed E-state index contributed by atoms with van der Waals surface area (Å²) >= 11 is 6.03. The lowest BCUT2D eigenvalue weighted by Gasteiger charge is -2.30. The van der Waals surface area contributed by atoms with Crippen LogP contribution in [0.4, 0.5) is 5.69 Å². The van der Waals surface area contributed by atoms with Crippen molar-refractivity contribution in [1.82, 2.24) is 15.0 Å². The fourth-order valence-electron chi connectivity index (χ4n) is 3.83. The number of amides is 1. The van der Waals surface area contributed by atoms with Crippen molar-refractivity contribution in [2.75, 3.05) is 25.2 Å². The third kappa shape index (κ3) is 4.50. The van der Waals surface area contributed by atoms with Crippen molar-refractivity contribution < 1.29 is 18.8 Å². The Morgan fingerprint density at radius 2 is 1.97 bits per heavy atom. The number of ether oxygens (including phenoxy) is 2. The van der Waals surface area contributed by atoms with E-state index in [-0.39, 0.29) is 18.6 Å². The smallest absolute Gasteiger partial charge is 0.241 e. The van der Waals surface area contributed by atoms with Crippen LogP contribution in [0.2, 0.25) is 5.02 Å². The summed E-state index contributed by atoms with van der Waals surface area (Å²) in [6.45, 7) is 2.35. The molecule has 0 atom stereocenters. The lowest BCUT2D eigenvalue weighted by atomic mass is 9.96. The molecule has 1 N–H and O–H groups in total. The Balaban J connectivity index is 1.13. The summed E-state index contributed by atoms with van der Waals surface area (Å²) in [6.07, 6.45) is 1.54. The highest BCUT2D eigenvalue weighted by Gasteiger charge is 2.26. The Kier molecular flexibility index (Phi) is 5.48. The molecule has 0 radical (unpaired) electrons. The summed E-state index contributed by atoms with van der Waals surface area (Å²) in [7, 11) is 0. The maximum atomic E-state index is 12.7. The highest BCUT2D eigenvalue weighted by Crippen LogP contribution is 2.34. The van der Waals surface area contributed by atoms with Gasteiger partial charge in [0, 0.05) is 28.3 Å². The van der Waals surface area contributed by atoms with Gasteiger partial charge in [0.15, 0.2) is 11.5 Å². The van der Waals surface area contributed by atoms with Crippen LogP contribution in [-0.2, 0) is 11.3 Å². The minimum Gasteiger partial charge on any atom is -0.454 e. The first-order valence-electron chi connectivity index (χ1n) is 10.2. The van der Waals surface area contributed by atoms with Crippen molar-refractivity contribution in [3.05, 3.63) is 53.4 Å². The minimum atomic E-state index is -0.0358. The lowest BCUT2D eigenvalue weighted by Crippen LogP contribution is -2.37. The maximum Gasteiger partial charge on any atom is 0.241 e. The standard InChI is InChI=1S/C22H21ClN4O4/c23-16-3-1-2-15(10-16)21-25-20(31-26-21)12-27-8-6-14(7-9-27)22(28)24-17-4-5-18-19(11-17)30-13-29-18/h1-5,10-11,14H,6-9,12-13H2,(H,24,28). The average molecular weight is 441 g/mol. The monoisotopic (exact) mass is 440 g/mol. The lowest BCUT2D eigenvalue weighted by molar-refractivity contribution is -0.121. The van der Waals surface area contributed by atoms with E-state index in [9.17, 15) is 4.79 Å². The largest absolute Gasteiger partial charge is 0.454 e. The normalized spacial score (nSPS) is 16.4. The number of fused-ring (bicyclic) bond motifs is 1. The molecule has 9 heteroatoms. The van der Waals surface area contributed by atoms with Crippen molar-refractivity contribution in [1.29, 1.82) is 0 Å². The second kappa shape index (κ2) is 8.56. The van der Waals surface area contributed by atoms with Gasteiger partial charge in [0.1, 0.15) is 0 Å². The summed E-state index contributed by atoms with van der Waals surface area (Å²) in [5, 5.41) is 7.67. The van der Waals surface area contributed by atoms with Gasteiger partial charge in [-0.25, -0.2) is 0 Å². The molecule has 2 aliphatic rings. The highest BCUT2D eigenvalue weighted by molar-refractivity contribution is 6.30. The van der Waals surface area contributed by atoms with Crippen molar-refractivity contribution in [2.24, 2.45) is 5.92 Å².